The van der Waals surface area contributed by atoms with E-state index in [-0.39, 0.29) is 0 Å². The molecular weight excluding hydrogens is 236 g/mol. The first kappa shape index (κ1) is 14.2. The molecule has 3 nitrogen and oxygen atoms in total. The average molecular weight is 260 g/mol. The van der Waals surface area contributed by atoms with Crippen LogP contribution >= 0.6 is 0 Å². The molecule has 104 valence electrons. The Balaban J connectivity index is 1.66. The fourth-order valence-electron chi connectivity index (χ4n) is 2.58. The molecule has 19 heavy (non-hydrogen) atoms. The fourth-order valence-corrected chi connectivity index (χ4v) is 2.58. The number of hydrogen-bond donors (Lipinski definition) is 0. The molecule has 0 aromatic heterocycles. The summed E-state index contributed by atoms with van der Waals surface area (Å²) in [6.45, 7) is 5.09. The van der Waals surface area contributed by atoms with Crippen molar-refractivity contribution in [1.82, 2.24) is 9.80 Å². The van der Waals surface area contributed by atoms with Crippen molar-refractivity contribution in [2.24, 2.45) is 0 Å². The van der Waals surface area contributed by atoms with Crippen molar-refractivity contribution < 1.29 is 4.79 Å². The van der Waals surface area contributed by atoms with Crippen molar-refractivity contribution in [2.75, 3.05) is 39.8 Å². The van der Waals surface area contributed by atoms with Crippen LogP contribution in [0, 0.1) is 0 Å². The van der Waals surface area contributed by atoms with Gasteiger partial charge in [0.05, 0.1) is 6.54 Å². The molecule has 1 fully saturated rings. The van der Waals surface area contributed by atoms with Crippen molar-refractivity contribution >= 4 is 5.78 Å². The number of likely N-dealkylation sites (tertiary alicyclic amines) is 1. The Kier molecular flexibility index (Phi) is 5.55. The summed E-state index contributed by atoms with van der Waals surface area (Å²) in [4.78, 5) is 16.6. The summed E-state index contributed by atoms with van der Waals surface area (Å²) in [5.41, 5.74) is 1.11. The molecule has 0 atom stereocenters. The Morgan fingerprint density at radius 3 is 2.58 bits per heavy atom. The number of benzene rings is 1. The van der Waals surface area contributed by atoms with Crippen LogP contribution in [0.5, 0.6) is 0 Å². The lowest BCUT2D eigenvalue weighted by molar-refractivity contribution is -0.119. The van der Waals surface area contributed by atoms with Gasteiger partial charge in [0.15, 0.2) is 5.78 Å². The zero-order chi connectivity index (χ0) is 13.5. The third-order valence-corrected chi connectivity index (χ3v) is 3.69. The highest BCUT2D eigenvalue weighted by atomic mass is 16.1. The molecule has 0 saturated carbocycles. The predicted molar refractivity (Wildman–Crippen MR) is 78.3 cm³/mol. The number of Topliss-reactive ketones (excluding diaryl/α,β-unsaturated/α-hetero) is 1. The molecule has 3 heteroatoms. The number of ketones is 1. The summed E-state index contributed by atoms with van der Waals surface area (Å²) in [5.74, 6) is 0.301. The van der Waals surface area contributed by atoms with Crippen LogP contribution in [0.2, 0.25) is 0 Å². The maximum atomic E-state index is 12.0. The van der Waals surface area contributed by atoms with Gasteiger partial charge in [-0.25, -0.2) is 0 Å². The van der Waals surface area contributed by atoms with Crippen LogP contribution in [0.3, 0.4) is 0 Å². The van der Waals surface area contributed by atoms with Crippen LogP contribution < -0.4 is 0 Å². The third-order valence-electron chi connectivity index (χ3n) is 3.69. The quantitative estimate of drug-likeness (QED) is 0.747. The molecule has 0 bridgehead atoms. The van der Waals surface area contributed by atoms with E-state index in [4.69, 9.17) is 0 Å². The highest BCUT2D eigenvalue weighted by Gasteiger charge is 2.13. The molecule has 0 spiro atoms. The van der Waals surface area contributed by atoms with Crippen molar-refractivity contribution in [1.29, 1.82) is 0 Å². The molecule has 0 radical (unpaired) electrons. The topological polar surface area (TPSA) is 23.6 Å². The molecule has 1 aromatic carbocycles. The molecule has 1 saturated heterocycles. The Bertz CT molecular complexity index is 385. The second-order valence-electron chi connectivity index (χ2n) is 5.49. The maximum absolute atomic E-state index is 12.0. The van der Waals surface area contributed by atoms with Crippen molar-refractivity contribution in [3.05, 3.63) is 35.9 Å². The summed E-state index contributed by atoms with van der Waals surface area (Å²) >= 11 is 0. The summed E-state index contributed by atoms with van der Waals surface area (Å²) in [6.07, 6.45) is 3.21. The molecule has 1 aliphatic heterocycles. The molecule has 1 heterocycles. The number of rotatable bonds is 7. The first-order valence-electron chi connectivity index (χ1n) is 7.20. The van der Waals surface area contributed by atoms with E-state index >= 15 is 0 Å². The van der Waals surface area contributed by atoms with Gasteiger partial charge in [0, 0.05) is 19.5 Å². The largest absolute Gasteiger partial charge is 0.302 e. The number of hydrogen-bond acceptors (Lipinski definition) is 3. The van der Waals surface area contributed by atoms with Crippen LogP contribution in [0.15, 0.2) is 30.3 Å². The monoisotopic (exact) mass is 260 g/mol. The lowest BCUT2D eigenvalue weighted by Crippen LogP contribution is -2.34. The smallest absolute Gasteiger partial charge is 0.151 e. The minimum atomic E-state index is 0.301. The molecule has 2 rings (SSSR count). The molecular formula is C16H24N2O. The van der Waals surface area contributed by atoms with Crippen LogP contribution in [0.4, 0.5) is 0 Å². The van der Waals surface area contributed by atoms with Gasteiger partial charge >= 0.3 is 0 Å². The first-order valence-corrected chi connectivity index (χ1v) is 7.20. The van der Waals surface area contributed by atoms with E-state index in [1.807, 2.05) is 37.4 Å². The summed E-state index contributed by atoms with van der Waals surface area (Å²) in [7, 11) is 2.04. The second-order valence-corrected chi connectivity index (χ2v) is 5.49. The average Bonchev–Trinajstić information content (AvgIpc) is 2.90. The van der Waals surface area contributed by atoms with Gasteiger partial charge in [0.25, 0.3) is 0 Å². The van der Waals surface area contributed by atoms with E-state index in [1.54, 1.807) is 0 Å². The third kappa shape index (κ3) is 5.13. The highest BCUT2D eigenvalue weighted by molar-refractivity contribution is 5.82. The molecule has 0 amide bonds. The minimum absolute atomic E-state index is 0.301. The van der Waals surface area contributed by atoms with E-state index in [9.17, 15) is 4.79 Å². The van der Waals surface area contributed by atoms with Crippen molar-refractivity contribution in [3.63, 3.8) is 0 Å². The van der Waals surface area contributed by atoms with Crippen LogP contribution in [-0.2, 0) is 11.2 Å². The highest BCUT2D eigenvalue weighted by Crippen LogP contribution is 2.06. The lowest BCUT2D eigenvalue weighted by Gasteiger charge is -2.20. The number of nitrogens with zero attached hydrogens (tertiary/aromatic N) is 2. The molecule has 0 unspecified atom stereocenters. The standard InChI is InChI=1S/C16H24N2O/c1-17(11-12-18-9-5-6-10-18)14-16(19)13-15-7-3-2-4-8-15/h2-4,7-8H,5-6,9-14H2,1H3. The van der Waals surface area contributed by atoms with E-state index in [2.05, 4.69) is 9.80 Å². The van der Waals surface area contributed by atoms with Gasteiger partial charge in [0.1, 0.15) is 0 Å². The van der Waals surface area contributed by atoms with E-state index in [1.165, 1.54) is 25.9 Å². The minimum Gasteiger partial charge on any atom is -0.302 e. The number of likely N-dealkylation sites (N-methyl/N-ethyl adjacent to an activating group) is 1. The first-order chi connectivity index (χ1) is 9.24. The Morgan fingerprint density at radius 2 is 1.89 bits per heavy atom. The second kappa shape index (κ2) is 7.41. The molecule has 1 aliphatic rings. The van der Waals surface area contributed by atoms with E-state index in [0.29, 0.717) is 18.7 Å². The zero-order valence-corrected chi connectivity index (χ0v) is 11.8. The summed E-state index contributed by atoms with van der Waals surface area (Å²) in [5, 5.41) is 0. The van der Waals surface area contributed by atoms with Crippen molar-refractivity contribution in [2.45, 2.75) is 19.3 Å². The maximum Gasteiger partial charge on any atom is 0.151 e. The Morgan fingerprint density at radius 1 is 1.21 bits per heavy atom. The van der Waals surface area contributed by atoms with Gasteiger partial charge in [-0.15, -0.1) is 0 Å². The van der Waals surface area contributed by atoms with E-state index < -0.39 is 0 Å². The van der Waals surface area contributed by atoms with Gasteiger partial charge < -0.3 is 4.90 Å². The van der Waals surface area contributed by atoms with Gasteiger partial charge in [-0.05, 0) is 38.5 Å². The molecule has 0 N–H and O–H groups in total. The lowest BCUT2D eigenvalue weighted by atomic mass is 10.1. The summed E-state index contributed by atoms with van der Waals surface area (Å²) in [6, 6.07) is 9.99. The molecule has 0 aliphatic carbocycles. The van der Waals surface area contributed by atoms with E-state index in [0.717, 1.165) is 18.7 Å². The van der Waals surface area contributed by atoms with Gasteiger partial charge in [-0.2, -0.15) is 0 Å². The predicted octanol–water partition coefficient (Wildman–Crippen LogP) is 1.83. The zero-order valence-electron chi connectivity index (χ0n) is 11.8. The van der Waals surface area contributed by atoms with Crippen LogP contribution in [0.1, 0.15) is 18.4 Å². The van der Waals surface area contributed by atoms with Gasteiger partial charge in [0.2, 0.25) is 0 Å². The van der Waals surface area contributed by atoms with Crippen LogP contribution in [0.25, 0.3) is 0 Å². The Hall–Kier alpha value is -1.19. The summed E-state index contributed by atoms with van der Waals surface area (Å²) < 4.78 is 0. The SMILES string of the molecule is CN(CCN1CCCC1)CC(=O)Cc1ccccc1. The van der Waals surface area contributed by atoms with Crippen molar-refractivity contribution in [3.8, 4) is 0 Å². The van der Waals surface area contributed by atoms with Crippen LogP contribution in [-0.4, -0.2) is 55.4 Å². The fraction of sp³-hybridized carbons (Fsp3) is 0.562. The number of carbonyl (C=O) groups excluding carboxylic acids is 1. The Labute approximate surface area is 116 Å². The van der Waals surface area contributed by atoms with Gasteiger partial charge in [-0.1, -0.05) is 30.3 Å². The van der Waals surface area contributed by atoms with Gasteiger partial charge in [-0.3, -0.25) is 9.69 Å². The molecule has 1 aromatic rings. The normalized spacial score (nSPS) is 16.1. The number of carbonyl (C=O) groups is 1.